The van der Waals surface area contributed by atoms with E-state index in [1.807, 2.05) is 18.2 Å². The summed E-state index contributed by atoms with van der Waals surface area (Å²) in [4.78, 5) is 23.0. The molecule has 2 atom stereocenters. The lowest BCUT2D eigenvalue weighted by atomic mass is 9.73. The summed E-state index contributed by atoms with van der Waals surface area (Å²) in [5.41, 5.74) is 8.02. The number of hydrogen-bond acceptors (Lipinski definition) is 2. The summed E-state index contributed by atoms with van der Waals surface area (Å²) in [5.74, 6) is 0.581. The van der Waals surface area contributed by atoms with Gasteiger partial charge in [0, 0.05) is 24.1 Å². The second-order valence-corrected chi connectivity index (χ2v) is 8.77. The van der Waals surface area contributed by atoms with Gasteiger partial charge in [-0.05, 0) is 66.1 Å². The van der Waals surface area contributed by atoms with Gasteiger partial charge in [0.25, 0.3) is 5.91 Å². The van der Waals surface area contributed by atoms with Gasteiger partial charge in [0.05, 0.1) is 17.4 Å². The lowest BCUT2D eigenvalue weighted by molar-refractivity contribution is 0.0547. The summed E-state index contributed by atoms with van der Waals surface area (Å²) >= 11 is 0. The standard InChI is InChI=1S/C27H25N3O/c31-27(21-9-12-24-25(16-21)29-17-28-24)30-14-4-7-23-22-11-8-19(18-5-2-1-3-6-18)15-20(22)10-13-26(23)30/h1-3,5-6,8-9,11-12,15-17,23,26H,4,7,10,13-14H2,(H,28,29)/t23-,26+/m0/s1. The number of aryl methyl sites for hydroxylation is 1. The van der Waals surface area contributed by atoms with E-state index >= 15 is 0 Å². The average Bonchev–Trinajstić information content (AvgIpc) is 3.31. The van der Waals surface area contributed by atoms with Gasteiger partial charge in [-0.1, -0.05) is 48.5 Å². The highest BCUT2D eigenvalue weighted by molar-refractivity contribution is 5.97. The number of aromatic nitrogens is 2. The molecule has 0 bridgehead atoms. The van der Waals surface area contributed by atoms with Crippen LogP contribution in [0.25, 0.3) is 22.2 Å². The number of rotatable bonds is 2. The number of likely N-dealkylation sites (tertiary alicyclic amines) is 1. The largest absolute Gasteiger partial charge is 0.345 e. The molecule has 1 saturated heterocycles. The fourth-order valence-corrected chi connectivity index (χ4v) is 5.56. The Labute approximate surface area is 181 Å². The number of nitrogens with one attached hydrogen (secondary N) is 1. The van der Waals surface area contributed by atoms with E-state index in [-0.39, 0.29) is 11.9 Å². The van der Waals surface area contributed by atoms with Crippen molar-refractivity contribution in [2.75, 3.05) is 6.54 Å². The van der Waals surface area contributed by atoms with E-state index in [9.17, 15) is 4.79 Å². The van der Waals surface area contributed by atoms with Gasteiger partial charge in [0.2, 0.25) is 0 Å². The molecule has 0 spiro atoms. The number of amides is 1. The van der Waals surface area contributed by atoms with Gasteiger partial charge in [-0.25, -0.2) is 4.98 Å². The van der Waals surface area contributed by atoms with Gasteiger partial charge in [-0.2, -0.15) is 0 Å². The van der Waals surface area contributed by atoms with Crippen LogP contribution in [0.3, 0.4) is 0 Å². The van der Waals surface area contributed by atoms with Crippen LogP contribution in [0.2, 0.25) is 0 Å². The monoisotopic (exact) mass is 407 g/mol. The smallest absolute Gasteiger partial charge is 0.254 e. The van der Waals surface area contributed by atoms with Gasteiger partial charge < -0.3 is 9.88 Å². The molecule has 0 unspecified atom stereocenters. The van der Waals surface area contributed by atoms with Crippen LogP contribution in [0.5, 0.6) is 0 Å². The van der Waals surface area contributed by atoms with Crippen LogP contribution in [0.15, 0.2) is 73.1 Å². The first-order valence-electron chi connectivity index (χ1n) is 11.2. The molecule has 1 amide bonds. The molecule has 6 rings (SSSR count). The second-order valence-electron chi connectivity index (χ2n) is 8.77. The zero-order chi connectivity index (χ0) is 20.8. The highest BCUT2D eigenvalue weighted by Gasteiger charge is 2.38. The maximum absolute atomic E-state index is 13.5. The Morgan fingerprint density at radius 3 is 2.77 bits per heavy atom. The van der Waals surface area contributed by atoms with Crippen LogP contribution in [-0.4, -0.2) is 33.4 Å². The normalized spacial score (nSPS) is 20.3. The molecule has 1 aromatic heterocycles. The Balaban J connectivity index is 1.30. The molecular formula is C27H25N3O. The molecule has 1 fully saturated rings. The maximum Gasteiger partial charge on any atom is 0.254 e. The molecule has 3 aromatic carbocycles. The molecule has 2 aliphatic rings. The molecule has 2 heterocycles. The van der Waals surface area contributed by atoms with Crippen molar-refractivity contribution in [3.05, 3.63) is 89.7 Å². The van der Waals surface area contributed by atoms with Gasteiger partial charge in [0.15, 0.2) is 0 Å². The number of piperidine rings is 1. The summed E-state index contributed by atoms with van der Waals surface area (Å²) in [6.45, 7) is 0.846. The molecule has 0 radical (unpaired) electrons. The molecule has 1 aliphatic heterocycles. The third-order valence-corrected chi connectivity index (χ3v) is 7.07. The van der Waals surface area contributed by atoms with Crippen LogP contribution in [0.1, 0.15) is 46.7 Å². The fraction of sp³-hybridized carbons (Fsp3) is 0.259. The maximum atomic E-state index is 13.5. The van der Waals surface area contributed by atoms with E-state index in [0.717, 1.165) is 48.8 Å². The minimum Gasteiger partial charge on any atom is -0.345 e. The minimum absolute atomic E-state index is 0.149. The van der Waals surface area contributed by atoms with E-state index < -0.39 is 0 Å². The van der Waals surface area contributed by atoms with Gasteiger partial charge in [-0.3, -0.25) is 4.79 Å². The van der Waals surface area contributed by atoms with Gasteiger partial charge in [0.1, 0.15) is 0 Å². The molecule has 154 valence electrons. The fourth-order valence-electron chi connectivity index (χ4n) is 5.56. The Bertz CT molecular complexity index is 1260. The Kier molecular flexibility index (Phi) is 4.37. The van der Waals surface area contributed by atoms with E-state index in [1.54, 1.807) is 6.33 Å². The van der Waals surface area contributed by atoms with E-state index in [1.165, 1.54) is 22.3 Å². The molecule has 1 N–H and O–H groups in total. The van der Waals surface area contributed by atoms with Crippen molar-refractivity contribution in [1.82, 2.24) is 14.9 Å². The lowest BCUT2D eigenvalue weighted by Crippen LogP contribution is -2.49. The van der Waals surface area contributed by atoms with Crippen molar-refractivity contribution in [2.45, 2.75) is 37.6 Å². The first-order chi connectivity index (χ1) is 15.3. The molecule has 4 nitrogen and oxygen atoms in total. The van der Waals surface area contributed by atoms with E-state index in [2.05, 4.69) is 63.4 Å². The SMILES string of the molecule is O=C(c1ccc2nc[nH]c2c1)N1CCC[C@H]2c3ccc(-c4ccccc4)cc3CC[C@H]21. The summed E-state index contributed by atoms with van der Waals surface area (Å²) in [6, 6.07) is 23.6. The van der Waals surface area contributed by atoms with Crippen molar-refractivity contribution in [2.24, 2.45) is 0 Å². The Hall–Kier alpha value is -3.40. The van der Waals surface area contributed by atoms with Crippen molar-refractivity contribution in [3.8, 4) is 11.1 Å². The highest BCUT2D eigenvalue weighted by Crippen LogP contribution is 2.42. The topological polar surface area (TPSA) is 49.0 Å². The summed E-state index contributed by atoms with van der Waals surface area (Å²) in [7, 11) is 0. The molecule has 4 aromatic rings. The lowest BCUT2D eigenvalue weighted by Gasteiger charge is -2.45. The quantitative estimate of drug-likeness (QED) is 0.473. The zero-order valence-corrected chi connectivity index (χ0v) is 17.4. The number of H-pyrrole nitrogens is 1. The second kappa shape index (κ2) is 7.38. The number of carbonyl (C=O) groups excluding carboxylic acids is 1. The molecular weight excluding hydrogens is 382 g/mol. The first-order valence-corrected chi connectivity index (χ1v) is 11.2. The van der Waals surface area contributed by atoms with Crippen LogP contribution >= 0.6 is 0 Å². The molecule has 1 aliphatic carbocycles. The molecule has 0 saturated carbocycles. The van der Waals surface area contributed by atoms with Crippen LogP contribution in [0.4, 0.5) is 0 Å². The average molecular weight is 408 g/mol. The van der Waals surface area contributed by atoms with Crippen molar-refractivity contribution in [1.29, 1.82) is 0 Å². The summed E-state index contributed by atoms with van der Waals surface area (Å²) in [6.07, 6.45) is 5.96. The van der Waals surface area contributed by atoms with Gasteiger partial charge >= 0.3 is 0 Å². The van der Waals surface area contributed by atoms with Crippen LogP contribution in [0, 0.1) is 0 Å². The highest BCUT2D eigenvalue weighted by atomic mass is 16.2. The number of fused-ring (bicyclic) bond motifs is 4. The van der Waals surface area contributed by atoms with E-state index in [4.69, 9.17) is 0 Å². The number of hydrogen-bond donors (Lipinski definition) is 1. The van der Waals surface area contributed by atoms with Crippen LogP contribution in [-0.2, 0) is 6.42 Å². The van der Waals surface area contributed by atoms with E-state index in [0.29, 0.717) is 5.92 Å². The van der Waals surface area contributed by atoms with Gasteiger partial charge in [-0.15, -0.1) is 0 Å². The Morgan fingerprint density at radius 2 is 1.87 bits per heavy atom. The number of nitrogens with zero attached hydrogens (tertiary/aromatic N) is 2. The number of aromatic amines is 1. The predicted molar refractivity (Wildman–Crippen MR) is 123 cm³/mol. The molecule has 31 heavy (non-hydrogen) atoms. The predicted octanol–water partition coefficient (Wildman–Crippen LogP) is 5.56. The number of carbonyl (C=O) groups is 1. The summed E-state index contributed by atoms with van der Waals surface area (Å²) in [5, 5.41) is 0. The third-order valence-electron chi connectivity index (χ3n) is 7.07. The third kappa shape index (κ3) is 3.14. The van der Waals surface area contributed by atoms with Crippen molar-refractivity contribution in [3.63, 3.8) is 0 Å². The first kappa shape index (κ1) is 18.4. The summed E-state index contributed by atoms with van der Waals surface area (Å²) < 4.78 is 0. The van der Waals surface area contributed by atoms with Crippen molar-refractivity contribution >= 4 is 16.9 Å². The molecule has 4 heteroatoms. The number of imidazole rings is 1. The Morgan fingerprint density at radius 1 is 0.968 bits per heavy atom. The van der Waals surface area contributed by atoms with Crippen LogP contribution < -0.4 is 0 Å². The minimum atomic E-state index is 0.149. The number of benzene rings is 3. The zero-order valence-electron chi connectivity index (χ0n) is 17.4. The van der Waals surface area contributed by atoms with Crippen molar-refractivity contribution < 1.29 is 4.79 Å².